The Hall–Kier alpha value is -3.49. The second-order valence-electron chi connectivity index (χ2n) is 8.54. The number of para-hydroxylation sites is 2. The van der Waals surface area contributed by atoms with Gasteiger partial charge in [0.1, 0.15) is 18.5 Å². The van der Waals surface area contributed by atoms with Gasteiger partial charge in [-0.15, -0.1) is 0 Å². The molecule has 0 bridgehead atoms. The van der Waals surface area contributed by atoms with Crippen LogP contribution in [-0.4, -0.2) is 56.4 Å². The second kappa shape index (κ2) is 10.4. The number of fused-ring (bicyclic) bond motifs is 1. The number of halogens is 2. The molecule has 1 atom stereocenters. The molecule has 1 unspecified atom stereocenters. The van der Waals surface area contributed by atoms with Crippen LogP contribution in [0.15, 0.2) is 66.7 Å². The minimum atomic E-state index is -0.532. The number of hydrogen-bond donors (Lipinski definition) is 2. The SMILES string of the molecule is O=C(Nc1cccc(N2CCN(CC3COc4ccccc4O3)CC2)c1)Nc1ccc(F)c(Cl)c1. The van der Waals surface area contributed by atoms with Crippen LogP contribution in [0.3, 0.4) is 0 Å². The van der Waals surface area contributed by atoms with Gasteiger partial charge in [0.05, 0.1) is 5.02 Å². The van der Waals surface area contributed by atoms with E-state index >= 15 is 0 Å². The first-order chi connectivity index (χ1) is 17.0. The molecule has 2 heterocycles. The van der Waals surface area contributed by atoms with Crippen molar-refractivity contribution >= 4 is 34.7 Å². The van der Waals surface area contributed by atoms with Crippen LogP contribution in [-0.2, 0) is 0 Å². The molecule has 7 nitrogen and oxygen atoms in total. The van der Waals surface area contributed by atoms with Crippen molar-refractivity contribution in [1.29, 1.82) is 0 Å². The summed E-state index contributed by atoms with van der Waals surface area (Å²) in [6.45, 7) is 4.92. The van der Waals surface area contributed by atoms with Crippen molar-refractivity contribution in [1.82, 2.24) is 4.90 Å². The number of carbonyl (C=O) groups is 1. The fraction of sp³-hybridized carbons (Fsp3) is 0.269. The van der Waals surface area contributed by atoms with Gasteiger partial charge in [-0.3, -0.25) is 4.90 Å². The van der Waals surface area contributed by atoms with Gasteiger partial charge in [0.25, 0.3) is 0 Å². The molecule has 2 aliphatic rings. The molecule has 0 aromatic heterocycles. The lowest BCUT2D eigenvalue weighted by Crippen LogP contribution is -2.50. The molecule has 9 heteroatoms. The van der Waals surface area contributed by atoms with Crippen LogP contribution >= 0.6 is 11.6 Å². The molecule has 2 amide bonds. The van der Waals surface area contributed by atoms with Gasteiger partial charge in [-0.1, -0.05) is 29.8 Å². The highest BCUT2D eigenvalue weighted by Crippen LogP contribution is 2.31. The number of hydrogen-bond acceptors (Lipinski definition) is 5. The third-order valence-electron chi connectivity index (χ3n) is 6.05. The summed E-state index contributed by atoms with van der Waals surface area (Å²) < 4.78 is 25.3. The van der Waals surface area contributed by atoms with E-state index in [-0.39, 0.29) is 11.1 Å². The van der Waals surface area contributed by atoms with Crippen molar-refractivity contribution in [2.24, 2.45) is 0 Å². The molecule has 0 aliphatic carbocycles. The molecule has 0 spiro atoms. The first kappa shape index (κ1) is 23.3. The molecule has 2 aliphatic heterocycles. The van der Waals surface area contributed by atoms with Gasteiger partial charge >= 0.3 is 6.03 Å². The number of benzene rings is 3. The maximum Gasteiger partial charge on any atom is 0.323 e. The summed E-state index contributed by atoms with van der Waals surface area (Å²) in [7, 11) is 0. The first-order valence-corrected chi connectivity index (χ1v) is 11.9. The van der Waals surface area contributed by atoms with Crippen LogP contribution in [0.5, 0.6) is 11.5 Å². The monoisotopic (exact) mass is 496 g/mol. The molecule has 3 aromatic carbocycles. The third kappa shape index (κ3) is 5.78. The molecule has 35 heavy (non-hydrogen) atoms. The largest absolute Gasteiger partial charge is 0.486 e. The molecule has 3 aromatic rings. The number of amides is 2. The molecule has 1 saturated heterocycles. The third-order valence-corrected chi connectivity index (χ3v) is 6.34. The molecule has 0 saturated carbocycles. The molecule has 182 valence electrons. The number of ether oxygens (including phenoxy) is 2. The molecule has 1 fully saturated rings. The summed E-state index contributed by atoms with van der Waals surface area (Å²) in [5.41, 5.74) is 2.12. The van der Waals surface area contributed by atoms with Crippen molar-refractivity contribution in [2.75, 3.05) is 54.9 Å². The quantitative estimate of drug-likeness (QED) is 0.515. The van der Waals surface area contributed by atoms with Crippen LogP contribution in [0.25, 0.3) is 0 Å². The van der Waals surface area contributed by atoms with E-state index in [2.05, 4.69) is 20.4 Å². The lowest BCUT2D eigenvalue weighted by atomic mass is 10.2. The van der Waals surface area contributed by atoms with E-state index in [1.54, 1.807) is 0 Å². The fourth-order valence-corrected chi connectivity index (χ4v) is 4.46. The van der Waals surface area contributed by atoms with Gasteiger partial charge in [0.2, 0.25) is 0 Å². The maximum absolute atomic E-state index is 13.3. The standard InChI is InChI=1S/C26H26ClFN4O3/c27-22-15-19(8-9-23(22)28)30-26(33)29-18-4-3-5-20(14-18)32-12-10-31(11-13-32)16-21-17-34-24-6-1-2-7-25(24)35-21/h1-9,14-15,21H,10-13,16-17H2,(H2,29,30,33). The van der Waals surface area contributed by atoms with E-state index in [1.165, 1.54) is 18.2 Å². The normalized spacial score (nSPS) is 17.7. The summed E-state index contributed by atoms with van der Waals surface area (Å²) in [5.74, 6) is 1.07. The Bertz CT molecular complexity index is 1200. The predicted octanol–water partition coefficient (Wildman–Crippen LogP) is 5.09. The van der Waals surface area contributed by atoms with Crippen molar-refractivity contribution in [2.45, 2.75) is 6.10 Å². The van der Waals surface area contributed by atoms with Gasteiger partial charge in [0.15, 0.2) is 11.5 Å². The summed E-state index contributed by atoms with van der Waals surface area (Å²) in [6, 6.07) is 19.1. The zero-order chi connectivity index (χ0) is 24.2. The van der Waals surface area contributed by atoms with Crippen molar-refractivity contribution < 1.29 is 18.7 Å². The number of anilines is 3. The lowest BCUT2D eigenvalue weighted by Gasteiger charge is -2.38. The Morgan fingerprint density at radius 3 is 2.46 bits per heavy atom. The number of carbonyl (C=O) groups excluding carboxylic acids is 1. The smallest absolute Gasteiger partial charge is 0.323 e. The predicted molar refractivity (Wildman–Crippen MR) is 135 cm³/mol. The van der Waals surface area contributed by atoms with Crippen LogP contribution in [0.1, 0.15) is 0 Å². The van der Waals surface area contributed by atoms with Gasteiger partial charge in [0, 0.05) is 49.8 Å². The van der Waals surface area contributed by atoms with Crippen molar-refractivity contribution in [3.05, 3.63) is 77.6 Å². The molecule has 0 radical (unpaired) electrons. The number of nitrogens with one attached hydrogen (secondary N) is 2. The van der Waals surface area contributed by atoms with E-state index in [1.807, 2.05) is 48.5 Å². The first-order valence-electron chi connectivity index (χ1n) is 11.5. The summed E-state index contributed by atoms with van der Waals surface area (Å²) in [4.78, 5) is 17.1. The Morgan fingerprint density at radius 1 is 0.943 bits per heavy atom. The van der Waals surface area contributed by atoms with Gasteiger partial charge in [-0.2, -0.15) is 0 Å². The summed E-state index contributed by atoms with van der Waals surface area (Å²) in [5, 5.41) is 5.44. The van der Waals surface area contributed by atoms with E-state index in [9.17, 15) is 9.18 Å². The van der Waals surface area contributed by atoms with Crippen molar-refractivity contribution in [3.8, 4) is 11.5 Å². The van der Waals surface area contributed by atoms with E-state index < -0.39 is 11.8 Å². The van der Waals surface area contributed by atoms with Crippen LogP contribution in [0, 0.1) is 5.82 Å². The highest BCUT2D eigenvalue weighted by molar-refractivity contribution is 6.31. The van der Waals surface area contributed by atoms with Gasteiger partial charge in [-0.05, 0) is 48.5 Å². The lowest BCUT2D eigenvalue weighted by molar-refractivity contribution is 0.0571. The molecular formula is C26H26ClFN4O3. The van der Waals surface area contributed by atoms with E-state index in [0.29, 0.717) is 18.0 Å². The number of urea groups is 1. The summed E-state index contributed by atoms with van der Waals surface area (Å²) >= 11 is 5.78. The molecule has 2 N–H and O–H groups in total. The van der Waals surface area contributed by atoms with Crippen LogP contribution in [0.4, 0.5) is 26.2 Å². The van der Waals surface area contributed by atoms with E-state index in [4.69, 9.17) is 21.1 Å². The van der Waals surface area contributed by atoms with Crippen molar-refractivity contribution in [3.63, 3.8) is 0 Å². The number of nitrogens with zero attached hydrogens (tertiary/aromatic N) is 2. The van der Waals surface area contributed by atoms with Gasteiger partial charge < -0.3 is 25.0 Å². The zero-order valence-electron chi connectivity index (χ0n) is 19.0. The maximum atomic E-state index is 13.3. The number of piperazine rings is 1. The Kier molecular flexibility index (Phi) is 6.92. The molecular weight excluding hydrogens is 471 g/mol. The highest BCUT2D eigenvalue weighted by Gasteiger charge is 2.25. The van der Waals surface area contributed by atoms with Gasteiger partial charge in [-0.25, -0.2) is 9.18 Å². The minimum Gasteiger partial charge on any atom is -0.486 e. The van der Waals surface area contributed by atoms with E-state index in [0.717, 1.165) is 49.9 Å². The summed E-state index contributed by atoms with van der Waals surface area (Å²) in [6.07, 6.45) is 0.0125. The Balaban J connectivity index is 1.12. The average molecular weight is 497 g/mol. The Morgan fingerprint density at radius 2 is 1.69 bits per heavy atom. The number of rotatable bonds is 5. The zero-order valence-corrected chi connectivity index (χ0v) is 19.8. The topological polar surface area (TPSA) is 66.1 Å². The highest BCUT2D eigenvalue weighted by atomic mass is 35.5. The second-order valence-corrected chi connectivity index (χ2v) is 8.95. The van der Waals surface area contributed by atoms with Crippen LogP contribution in [0.2, 0.25) is 5.02 Å². The Labute approximate surface area is 208 Å². The minimum absolute atomic E-state index is 0.0125. The fourth-order valence-electron chi connectivity index (χ4n) is 4.28. The average Bonchev–Trinajstić information content (AvgIpc) is 2.87. The van der Waals surface area contributed by atoms with Crippen LogP contribution < -0.4 is 25.0 Å². The molecule has 5 rings (SSSR count).